The van der Waals surface area contributed by atoms with Crippen molar-refractivity contribution in [1.29, 1.82) is 0 Å². The average Bonchev–Trinajstić information content (AvgIpc) is 3.48. The molecular formula is C43H43GeIrN3O-2. The normalized spacial score (nSPS) is 11.7. The molecule has 0 saturated carbocycles. The fraction of sp³-hybridized carbons (Fsp3) is 0.233. The van der Waals surface area contributed by atoms with Gasteiger partial charge in [-0.25, -0.2) is 4.98 Å². The molecule has 0 aliphatic carbocycles. The van der Waals surface area contributed by atoms with Crippen LogP contribution in [0, 0.1) is 12.1 Å². The van der Waals surface area contributed by atoms with Gasteiger partial charge in [0.05, 0.1) is 5.58 Å². The Balaban J connectivity index is 0.000000205. The van der Waals surface area contributed by atoms with Gasteiger partial charge in [-0.3, -0.25) is 0 Å². The maximum absolute atomic E-state index is 6.24. The molecule has 0 spiro atoms. The van der Waals surface area contributed by atoms with Gasteiger partial charge in [-0.15, -0.1) is 18.2 Å². The van der Waals surface area contributed by atoms with Crippen molar-refractivity contribution in [3.8, 4) is 33.6 Å². The summed E-state index contributed by atoms with van der Waals surface area (Å²) in [5.74, 6) is 7.83. The molecule has 251 valence electrons. The zero-order chi connectivity index (χ0) is 34.1. The maximum atomic E-state index is 6.24. The van der Waals surface area contributed by atoms with Crippen LogP contribution < -0.4 is 4.40 Å². The predicted octanol–water partition coefficient (Wildman–Crippen LogP) is 11.0. The van der Waals surface area contributed by atoms with Crippen molar-refractivity contribution in [2.24, 2.45) is 0 Å². The quantitative estimate of drug-likeness (QED) is 0.128. The van der Waals surface area contributed by atoms with Crippen LogP contribution >= 0.6 is 0 Å². The molecule has 4 nitrogen and oxygen atoms in total. The summed E-state index contributed by atoms with van der Waals surface area (Å²) in [6.45, 7) is 11.1. The molecule has 0 aliphatic heterocycles. The van der Waals surface area contributed by atoms with E-state index in [0.29, 0.717) is 11.6 Å². The summed E-state index contributed by atoms with van der Waals surface area (Å²) in [5.41, 5.74) is 10.3. The van der Waals surface area contributed by atoms with Gasteiger partial charge in [0.15, 0.2) is 0 Å². The number of aromatic nitrogens is 3. The van der Waals surface area contributed by atoms with Crippen LogP contribution in [0.25, 0.3) is 55.7 Å². The first kappa shape index (κ1) is 36.4. The number of fused-ring (bicyclic) bond motifs is 3. The zero-order valence-electron chi connectivity index (χ0n) is 29.6. The summed E-state index contributed by atoms with van der Waals surface area (Å²) in [7, 11) is 0. The summed E-state index contributed by atoms with van der Waals surface area (Å²) in [5, 5.41) is 2.06. The summed E-state index contributed by atoms with van der Waals surface area (Å²) in [6, 6.07) is 37.5. The van der Waals surface area contributed by atoms with E-state index in [1.807, 2.05) is 60.8 Å². The molecule has 6 heteroatoms. The molecule has 0 aliphatic rings. The van der Waals surface area contributed by atoms with E-state index in [0.717, 1.165) is 50.0 Å². The monoisotopic (exact) mass is 884 g/mol. The SMILES string of the molecule is CC(C)(C)c1ccnc(-c2[c-]ccc3c2oc2nccc(-c4ccccc4)c23)c1.CC(C)c1cc(-c2[c-]cccc2)nc[c]1[Ge]([CH3])([CH3])[CH3].[Ir]. The molecule has 0 amide bonds. The minimum atomic E-state index is -1.85. The number of hydrogen-bond donors (Lipinski definition) is 0. The fourth-order valence-corrected chi connectivity index (χ4v) is 9.54. The Morgan fingerprint density at radius 2 is 1.49 bits per heavy atom. The Morgan fingerprint density at radius 3 is 2.16 bits per heavy atom. The smallest absolute Gasteiger partial charge is 0 e. The van der Waals surface area contributed by atoms with E-state index in [1.54, 1.807) is 6.20 Å². The third kappa shape index (κ3) is 7.96. The van der Waals surface area contributed by atoms with E-state index in [1.165, 1.54) is 15.5 Å². The van der Waals surface area contributed by atoms with Gasteiger partial charge < -0.3 is 9.40 Å². The van der Waals surface area contributed by atoms with E-state index in [-0.39, 0.29) is 25.5 Å². The van der Waals surface area contributed by atoms with Gasteiger partial charge in [0.25, 0.3) is 0 Å². The Morgan fingerprint density at radius 1 is 0.755 bits per heavy atom. The predicted molar refractivity (Wildman–Crippen MR) is 203 cm³/mol. The van der Waals surface area contributed by atoms with Crippen LogP contribution in [0.2, 0.25) is 17.3 Å². The number of benzene rings is 3. The first-order valence-electron chi connectivity index (χ1n) is 16.6. The van der Waals surface area contributed by atoms with Crippen LogP contribution in [0.5, 0.6) is 0 Å². The standard InChI is InChI=1S/C26H21N2O.C17H22GeN.Ir/c1-26(2,3)18-12-14-27-22(16-18)20-10-7-11-21-23-19(17-8-5-4-6-9-17)13-15-28-25(23)29-24(20)21;1-13(2)15-11-17(14-9-7-6-8-10-14)19-12-16(15)18(3,4)5;/h4-9,11-16H,1-3H3;6-9,11-13H,1-5H3;/q2*-1;. The second-order valence-electron chi connectivity index (χ2n) is 14.6. The summed E-state index contributed by atoms with van der Waals surface area (Å²) in [4.78, 5) is 13.8. The minimum Gasteiger partial charge on any atom is 0 e. The van der Waals surface area contributed by atoms with Crippen LogP contribution in [0.4, 0.5) is 0 Å². The molecule has 7 aromatic rings. The van der Waals surface area contributed by atoms with Crippen molar-refractivity contribution in [3.63, 3.8) is 0 Å². The molecule has 0 unspecified atom stereocenters. The molecule has 49 heavy (non-hydrogen) atoms. The zero-order valence-corrected chi connectivity index (χ0v) is 34.0. The fourth-order valence-electron chi connectivity index (χ4n) is 6.02. The molecule has 7 rings (SSSR count). The van der Waals surface area contributed by atoms with Crippen LogP contribution in [-0.4, -0.2) is 28.2 Å². The topological polar surface area (TPSA) is 51.8 Å². The number of furan rings is 1. The van der Waals surface area contributed by atoms with Crippen LogP contribution in [0.3, 0.4) is 0 Å². The van der Waals surface area contributed by atoms with Crippen LogP contribution in [-0.2, 0) is 25.5 Å². The van der Waals surface area contributed by atoms with Crippen molar-refractivity contribution in [2.75, 3.05) is 0 Å². The van der Waals surface area contributed by atoms with Gasteiger partial charge in [-0.05, 0) is 39.9 Å². The van der Waals surface area contributed by atoms with Gasteiger partial charge in [0.1, 0.15) is 0 Å². The average molecular weight is 883 g/mol. The molecular weight excluding hydrogens is 839 g/mol. The van der Waals surface area contributed by atoms with E-state index in [9.17, 15) is 0 Å². The molecule has 0 atom stereocenters. The van der Waals surface area contributed by atoms with Gasteiger partial charge in [-0.2, -0.15) is 0 Å². The van der Waals surface area contributed by atoms with Gasteiger partial charge in [0.2, 0.25) is 5.71 Å². The first-order chi connectivity index (χ1) is 22.9. The second-order valence-corrected chi connectivity index (χ2v) is 25.2. The summed E-state index contributed by atoms with van der Waals surface area (Å²) >= 11 is -1.85. The Kier molecular flexibility index (Phi) is 11.1. The largest absolute Gasteiger partial charge is 0 e. The van der Waals surface area contributed by atoms with Crippen LogP contribution in [0.15, 0.2) is 114 Å². The molecule has 4 aromatic heterocycles. The third-order valence-electron chi connectivity index (χ3n) is 8.65. The van der Waals surface area contributed by atoms with Gasteiger partial charge in [0, 0.05) is 37.9 Å². The van der Waals surface area contributed by atoms with Crippen molar-refractivity contribution in [3.05, 3.63) is 133 Å². The maximum Gasteiger partial charge on any atom is 0 e. The molecule has 0 N–H and O–H groups in total. The number of hydrogen-bond acceptors (Lipinski definition) is 4. The van der Waals surface area contributed by atoms with Crippen LogP contribution in [0.1, 0.15) is 51.7 Å². The molecule has 0 fully saturated rings. The molecule has 3 aromatic carbocycles. The van der Waals surface area contributed by atoms with Crippen molar-refractivity contribution in [1.82, 2.24) is 15.0 Å². The van der Waals surface area contributed by atoms with E-state index in [4.69, 9.17) is 4.42 Å². The second kappa shape index (κ2) is 14.9. The Labute approximate surface area is 307 Å². The van der Waals surface area contributed by atoms with E-state index >= 15 is 0 Å². The van der Waals surface area contributed by atoms with Crippen molar-refractivity contribution in [2.45, 2.75) is 63.2 Å². The van der Waals surface area contributed by atoms with E-state index < -0.39 is 13.3 Å². The Bertz CT molecular complexity index is 2180. The number of nitrogens with zero attached hydrogens (tertiary/aromatic N) is 3. The van der Waals surface area contributed by atoms with E-state index in [2.05, 4.69) is 122 Å². The van der Waals surface area contributed by atoms with Gasteiger partial charge in [-0.1, -0.05) is 68.1 Å². The summed E-state index contributed by atoms with van der Waals surface area (Å²) in [6.07, 6.45) is 5.78. The van der Waals surface area contributed by atoms with Crippen molar-refractivity contribution >= 4 is 39.7 Å². The summed E-state index contributed by atoms with van der Waals surface area (Å²) < 4.78 is 7.77. The Hall–Kier alpha value is -3.90. The minimum absolute atomic E-state index is 0. The van der Waals surface area contributed by atoms with Crippen molar-refractivity contribution < 1.29 is 24.5 Å². The molecule has 4 heterocycles. The number of pyridine rings is 3. The van der Waals surface area contributed by atoms with Gasteiger partial charge >= 0.3 is 119 Å². The number of rotatable bonds is 5. The first-order valence-corrected chi connectivity index (χ1v) is 24.0. The molecule has 0 saturated heterocycles. The third-order valence-corrected chi connectivity index (χ3v) is 12.9. The molecule has 0 bridgehead atoms. The molecule has 1 radical (unpaired) electrons.